The van der Waals surface area contributed by atoms with Gasteiger partial charge in [0, 0.05) is 42.1 Å². The van der Waals surface area contributed by atoms with Crippen molar-refractivity contribution in [3.05, 3.63) is 65.9 Å². The number of carbonyl (C=O) groups excluding carboxylic acids is 1. The summed E-state index contributed by atoms with van der Waals surface area (Å²) < 4.78 is 5.30. The fraction of sp³-hybridized carbons (Fsp3) is 0.375. The Hall–Kier alpha value is -2.83. The molecule has 3 N–H and O–H groups in total. The number of aromatic amines is 1. The minimum Gasteiger partial charge on any atom is -0.497 e. The number of nitrogens with one attached hydrogen (secondary N) is 2. The number of amides is 1. The molecule has 0 spiro atoms. The first kappa shape index (κ1) is 20.4. The summed E-state index contributed by atoms with van der Waals surface area (Å²) >= 11 is 0. The van der Waals surface area contributed by atoms with Gasteiger partial charge >= 0.3 is 0 Å². The number of fused-ring (bicyclic) bond motifs is 1. The Labute approximate surface area is 176 Å². The molecule has 1 heterocycles. The maximum Gasteiger partial charge on any atom is 0.234 e. The van der Waals surface area contributed by atoms with Crippen molar-refractivity contribution >= 4 is 16.8 Å². The van der Waals surface area contributed by atoms with E-state index in [1.165, 1.54) is 0 Å². The Kier molecular flexibility index (Phi) is 6.35. The average molecular weight is 408 g/mol. The largest absolute Gasteiger partial charge is 0.497 e. The van der Waals surface area contributed by atoms with Crippen LogP contribution in [0.1, 0.15) is 29.9 Å². The Morgan fingerprint density at radius 3 is 2.70 bits per heavy atom. The van der Waals surface area contributed by atoms with Crippen LogP contribution in [0.15, 0.2) is 54.7 Å². The van der Waals surface area contributed by atoms with Crippen LogP contribution in [0.25, 0.3) is 10.9 Å². The van der Waals surface area contributed by atoms with Crippen LogP contribution in [0.4, 0.5) is 0 Å². The second kappa shape index (κ2) is 9.32. The van der Waals surface area contributed by atoms with Gasteiger partial charge in [0.15, 0.2) is 0 Å². The van der Waals surface area contributed by atoms with Crippen molar-refractivity contribution in [3.8, 4) is 5.75 Å². The molecule has 1 fully saturated rings. The standard InChI is InChI=1S/C24H29N3O3/c1-30-19-10-6-17(7-11-19)21(22-15-25-23-5-3-2-4-20(22)23)14-26-24(29)16-27(12-13-28)18-8-9-18/h2-7,10-11,15,18,21,25,28H,8-9,12-14,16H2,1H3,(H,26,29). The highest BCUT2D eigenvalue weighted by atomic mass is 16.5. The summed E-state index contributed by atoms with van der Waals surface area (Å²) in [7, 11) is 1.66. The second-order valence-corrected chi connectivity index (χ2v) is 7.84. The number of benzene rings is 2. The normalized spacial score (nSPS) is 14.8. The van der Waals surface area contributed by atoms with Gasteiger partial charge in [0.1, 0.15) is 5.75 Å². The third-order valence-electron chi connectivity index (χ3n) is 5.82. The molecule has 0 radical (unpaired) electrons. The summed E-state index contributed by atoms with van der Waals surface area (Å²) in [6, 6.07) is 16.7. The number of hydrogen-bond donors (Lipinski definition) is 3. The molecule has 6 nitrogen and oxygen atoms in total. The van der Waals surface area contributed by atoms with Crippen molar-refractivity contribution in [2.45, 2.75) is 24.8 Å². The minimum atomic E-state index is -0.00583. The predicted octanol–water partition coefficient (Wildman–Crippen LogP) is 2.88. The lowest BCUT2D eigenvalue weighted by Crippen LogP contribution is -2.41. The Balaban J connectivity index is 1.53. The Morgan fingerprint density at radius 1 is 1.23 bits per heavy atom. The third-order valence-corrected chi connectivity index (χ3v) is 5.82. The van der Waals surface area contributed by atoms with E-state index < -0.39 is 0 Å². The highest BCUT2D eigenvalue weighted by Crippen LogP contribution is 2.31. The van der Waals surface area contributed by atoms with E-state index in [-0.39, 0.29) is 18.4 Å². The first-order valence-electron chi connectivity index (χ1n) is 10.5. The van der Waals surface area contributed by atoms with Gasteiger partial charge in [-0.2, -0.15) is 0 Å². The fourth-order valence-corrected chi connectivity index (χ4v) is 4.04. The van der Waals surface area contributed by atoms with E-state index in [1.807, 2.05) is 30.5 Å². The van der Waals surface area contributed by atoms with E-state index in [0.29, 0.717) is 25.7 Å². The topological polar surface area (TPSA) is 77.6 Å². The molecule has 1 saturated carbocycles. The molecule has 1 aliphatic rings. The molecule has 1 atom stereocenters. The Bertz CT molecular complexity index is 979. The van der Waals surface area contributed by atoms with Crippen molar-refractivity contribution in [1.29, 1.82) is 0 Å². The van der Waals surface area contributed by atoms with Gasteiger partial charge in [0.2, 0.25) is 5.91 Å². The van der Waals surface area contributed by atoms with Crippen LogP contribution in [0.3, 0.4) is 0 Å². The lowest BCUT2D eigenvalue weighted by molar-refractivity contribution is -0.122. The fourth-order valence-electron chi connectivity index (χ4n) is 4.04. The molecule has 1 aromatic heterocycles. The lowest BCUT2D eigenvalue weighted by atomic mass is 9.90. The second-order valence-electron chi connectivity index (χ2n) is 7.84. The molecule has 1 aliphatic carbocycles. The number of H-pyrrole nitrogens is 1. The maximum atomic E-state index is 12.7. The van der Waals surface area contributed by atoms with E-state index in [1.54, 1.807) is 7.11 Å². The van der Waals surface area contributed by atoms with Crippen molar-refractivity contribution in [1.82, 2.24) is 15.2 Å². The van der Waals surface area contributed by atoms with E-state index in [2.05, 4.69) is 39.5 Å². The highest BCUT2D eigenvalue weighted by Gasteiger charge is 2.30. The van der Waals surface area contributed by atoms with E-state index >= 15 is 0 Å². The van der Waals surface area contributed by atoms with Crippen molar-refractivity contribution in [3.63, 3.8) is 0 Å². The number of methoxy groups -OCH3 is 1. The molecule has 4 rings (SSSR count). The zero-order valence-corrected chi connectivity index (χ0v) is 17.3. The van der Waals surface area contributed by atoms with E-state index in [0.717, 1.165) is 40.6 Å². The highest BCUT2D eigenvalue weighted by molar-refractivity contribution is 5.84. The number of aliphatic hydroxyl groups excluding tert-OH is 1. The summed E-state index contributed by atoms with van der Waals surface area (Å²) in [5.41, 5.74) is 3.36. The molecule has 0 aliphatic heterocycles. The van der Waals surface area contributed by atoms with Crippen LogP contribution in [0.2, 0.25) is 0 Å². The molecule has 30 heavy (non-hydrogen) atoms. The maximum absolute atomic E-state index is 12.7. The van der Waals surface area contributed by atoms with Gasteiger partial charge in [-0.3, -0.25) is 9.69 Å². The van der Waals surface area contributed by atoms with Crippen LogP contribution in [-0.2, 0) is 4.79 Å². The molecule has 2 aromatic carbocycles. The molecule has 1 unspecified atom stereocenters. The summed E-state index contributed by atoms with van der Waals surface area (Å²) in [5.74, 6) is 0.821. The van der Waals surface area contributed by atoms with Crippen LogP contribution in [0.5, 0.6) is 5.75 Å². The summed E-state index contributed by atoms with van der Waals surface area (Å²) in [5, 5.41) is 13.6. The smallest absolute Gasteiger partial charge is 0.234 e. The monoisotopic (exact) mass is 407 g/mol. The molecule has 158 valence electrons. The summed E-state index contributed by atoms with van der Waals surface area (Å²) in [6.07, 6.45) is 4.25. The van der Waals surface area contributed by atoms with Gasteiger partial charge < -0.3 is 20.1 Å². The number of nitrogens with zero attached hydrogens (tertiary/aromatic N) is 1. The summed E-state index contributed by atoms with van der Waals surface area (Å²) in [6.45, 7) is 1.45. The molecular formula is C24H29N3O3. The molecule has 3 aromatic rings. The first-order chi connectivity index (χ1) is 14.7. The molecule has 0 saturated heterocycles. The third kappa shape index (κ3) is 4.66. The molecular weight excluding hydrogens is 378 g/mol. The number of ether oxygens (including phenoxy) is 1. The van der Waals surface area contributed by atoms with Crippen LogP contribution >= 0.6 is 0 Å². The average Bonchev–Trinajstić information content (AvgIpc) is 3.54. The van der Waals surface area contributed by atoms with Gasteiger partial charge in [0.05, 0.1) is 20.3 Å². The quantitative estimate of drug-likeness (QED) is 0.483. The molecule has 1 amide bonds. The van der Waals surface area contributed by atoms with Gasteiger partial charge in [0.25, 0.3) is 0 Å². The Morgan fingerprint density at radius 2 is 2.00 bits per heavy atom. The van der Waals surface area contributed by atoms with Crippen LogP contribution < -0.4 is 10.1 Å². The van der Waals surface area contributed by atoms with E-state index in [9.17, 15) is 9.90 Å². The SMILES string of the molecule is COc1ccc(C(CNC(=O)CN(CCO)C2CC2)c2c[nH]c3ccccc23)cc1. The number of aromatic nitrogens is 1. The zero-order chi connectivity index (χ0) is 20.9. The van der Waals surface area contributed by atoms with Crippen LogP contribution in [0, 0.1) is 0 Å². The number of rotatable bonds is 10. The minimum absolute atomic E-state index is 0.00583. The number of hydrogen-bond acceptors (Lipinski definition) is 4. The van der Waals surface area contributed by atoms with Crippen LogP contribution in [-0.4, -0.2) is 60.3 Å². The lowest BCUT2D eigenvalue weighted by Gasteiger charge is -2.22. The summed E-state index contributed by atoms with van der Waals surface area (Å²) in [4.78, 5) is 18.1. The number of aliphatic hydroxyl groups is 1. The van der Waals surface area contributed by atoms with Gasteiger partial charge in [-0.15, -0.1) is 0 Å². The van der Waals surface area contributed by atoms with Crippen molar-refractivity contribution < 1.29 is 14.6 Å². The number of para-hydroxylation sites is 1. The zero-order valence-electron chi connectivity index (χ0n) is 17.3. The molecule has 0 bridgehead atoms. The predicted molar refractivity (Wildman–Crippen MR) is 118 cm³/mol. The van der Waals surface area contributed by atoms with Crippen molar-refractivity contribution in [2.24, 2.45) is 0 Å². The first-order valence-corrected chi connectivity index (χ1v) is 10.5. The van der Waals surface area contributed by atoms with E-state index in [4.69, 9.17) is 4.74 Å². The molecule has 6 heteroatoms. The van der Waals surface area contributed by atoms with Crippen molar-refractivity contribution in [2.75, 3.05) is 33.4 Å². The van der Waals surface area contributed by atoms with Gasteiger partial charge in [-0.05, 0) is 42.2 Å². The van der Waals surface area contributed by atoms with Gasteiger partial charge in [-0.1, -0.05) is 30.3 Å². The number of carbonyl (C=O) groups is 1. The van der Waals surface area contributed by atoms with Gasteiger partial charge in [-0.25, -0.2) is 0 Å².